The van der Waals surface area contributed by atoms with Crippen LogP contribution in [0.25, 0.3) is 0 Å². The Kier molecular flexibility index (Phi) is 6.10. The van der Waals surface area contributed by atoms with E-state index in [2.05, 4.69) is 4.99 Å². The highest BCUT2D eigenvalue weighted by Crippen LogP contribution is 2.27. The molecular formula is C25H22F2N4O2S. The van der Waals surface area contributed by atoms with Crippen LogP contribution < -0.4 is 4.90 Å². The molecule has 0 aliphatic carbocycles. The number of hydrogen-bond acceptors (Lipinski definition) is 5. The minimum Gasteiger partial charge on any atom is -0.347 e. The third-order valence-electron chi connectivity index (χ3n) is 6.08. The van der Waals surface area contributed by atoms with Crippen LogP contribution in [0.5, 0.6) is 0 Å². The molecule has 0 bridgehead atoms. The maximum absolute atomic E-state index is 14.7. The van der Waals surface area contributed by atoms with E-state index in [4.69, 9.17) is 0 Å². The molecule has 1 aromatic heterocycles. The van der Waals surface area contributed by atoms with Crippen LogP contribution in [0.1, 0.15) is 31.2 Å². The van der Waals surface area contributed by atoms with Crippen molar-refractivity contribution in [3.63, 3.8) is 0 Å². The number of thiophene rings is 1. The predicted molar refractivity (Wildman–Crippen MR) is 128 cm³/mol. The van der Waals surface area contributed by atoms with Gasteiger partial charge in [-0.15, -0.1) is 11.3 Å². The molecule has 3 heterocycles. The Balaban J connectivity index is 1.28. The van der Waals surface area contributed by atoms with Crippen molar-refractivity contribution in [2.24, 2.45) is 4.99 Å². The number of aliphatic imine (C=N–C) groups is 1. The highest BCUT2D eigenvalue weighted by atomic mass is 32.1. The van der Waals surface area contributed by atoms with Gasteiger partial charge < -0.3 is 14.7 Å². The number of benzene rings is 2. The molecule has 0 unspecified atom stereocenters. The SMILES string of the molecule is O=C(c1ccc(F)c(CN2CN=Cc3c(F)cccc32)c1)N1CCN(C(=O)c2cccs2)CC1. The molecular weight excluding hydrogens is 458 g/mol. The van der Waals surface area contributed by atoms with Crippen LogP contribution in [0.3, 0.4) is 0 Å². The molecule has 5 rings (SSSR count). The summed E-state index contributed by atoms with van der Waals surface area (Å²) in [6, 6.07) is 12.7. The van der Waals surface area contributed by atoms with Crippen LogP contribution in [-0.2, 0) is 6.54 Å². The highest BCUT2D eigenvalue weighted by molar-refractivity contribution is 7.12. The lowest BCUT2D eigenvalue weighted by atomic mass is 10.1. The summed E-state index contributed by atoms with van der Waals surface area (Å²) in [6.45, 7) is 2.15. The van der Waals surface area contributed by atoms with Gasteiger partial charge in [0.05, 0.1) is 16.1 Å². The lowest BCUT2D eigenvalue weighted by molar-refractivity contribution is 0.0538. The summed E-state index contributed by atoms with van der Waals surface area (Å²) in [7, 11) is 0. The van der Waals surface area contributed by atoms with Gasteiger partial charge in [0, 0.05) is 50.1 Å². The third kappa shape index (κ3) is 4.31. The minimum atomic E-state index is -0.435. The number of halogens is 2. The van der Waals surface area contributed by atoms with E-state index < -0.39 is 5.82 Å². The monoisotopic (exact) mass is 480 g/mol. The van der Waals surface area contributed by atoms with E-state index in [1.54, 1.807) is 39.0 Å². The van der Waals surface area contributed by atoms with Crippen LogP contribution in [0.2, 0.25) is 0 Å². The molecule has 34 heavy (non-hydrogen) atoms. The first-order valence-electron chi connectivity index (χ1n) is 10.9. The van der Waals surface area contributed by atoms with Crippen LogP contribution >= 0.6 is 11.3 Å². The van der Waals surface area contributed by atoms with Crippen molar-refractivity contribution in [1.82, 2.24) is 9.80 Å². The zero-order chi connectivity index (χ0) is 23.7. The van der Waals surface area contributed by atoms with E-state index in [0.29, 0.717) is 53.4 Å². The second kappa shape index (κ2) is 9.34. The molecule has 0 atom stereocenters. The smallest absolute Gasteiger partial charge is 0.264 e. The van der Waals surface area contributed by atoms with Crippen molar-refractivity contribution in [2.45, 2.75) is 6.54 Å². The van der Waals surface area contributed by atoms with E-state index >= 15 is 0 Å². The van der Waals surface area contributed by atoms with Gasteiger partial charge in [0.2, 0.25) is 0 Å². The summed E-state index contributed by atoms with van der Waals surface area (Å²) in [5, 5.41) is 1.87. The first-order valence-corrected chi connectivity index (χ1v) is 11.8. The Labute approximate surface area is 199 Å². The number of piperazine rings is 1. The number of fused-ring (bicyclic) bond motifs is 1. The molecule has 0 spiro atoms. The molecule has 9 heteroatoms. The summed E-state index contributed by atoms with van der Waals surface area (Å²) in [5.41, 5.74) is 1.73. The van der Waals surface area contributed by atoms with E-state index in [-0.39, 0.29) is 30.8 Å². The second-order valence-corrected chi connectivity index (χ2v) is 9.14. The molecule has 3 aromatic rings. The summed E-state index contributed by atoms with van der Waals surface area (Å²) in [4.78, 5) is 35.7. The molecule has 2 aliphatic heterocycles. The van der Waals surface area contributed by atoms with Gasteiger partial charge in [-0.05, 0) is 41.8 Å². The fraction of sp³-hybridized carbons (Fsp3) is 0.240. The van der Waals surface area contributed by atoms with Gasteiger partial charge in [0.25, 0.3) is 11.8 Å². The minimum absolute atomic E-state index is 0.0212. The summed E-state index contributed by atoms with van der Waals surface area (Å²) in [6.07, 6.45) is 1.49. The van der Waals surface area contributed by atoms with Crippen LogP contribution in [-0.4, -0.2) is 60.7 Å². The number of rotatable bonds is 4. The van der Waals surface area contributed by atoms with Gasteiger partial charge >= 0.3 is 0 Å². The third-order valence-corrected chi connectivity index (χ3v) is 6.94. The summed E-state index contributed by atoms with van der Waals surface area (Å²) < 4.78 is 28.8. The maximum atomic E-state index is 14.7. The zero-order valence-electron chi connectivity index (χ0n) is 18.3. The maximum Gasteiger partial charge on any atom is 0.264 e. The number of hydrogen-bond donors (Lipinski definition) is 0. The Bertz CT molecular complexity index is 1250. The Hall–Kier alpha value is -3.59. The Morgan fingerprint density at radius 3 is 2.41 bits per heavy atom. The van der Waals surface area contributed by atoms with Gasteiger partial charge in [-0.1, -0.05) is 12.1 Å². The fourth-order valence-corrected chi connectivity index (χ4v) is 4.95. The van der Waals surface area contributed by atoms with E-state index in [0.717, 1.165) is 0 Å². The van der Waals surface area contributed by atoms with E-state index in [1.165, 1.54) is 35.8 Å². The number of amides is 2. The molecule has 6 nitrogen and oxygen atoms in total. The van der Waals surface area contributed by atoms with Crippen LogP contribution in [0.15, 0.2) is 58.9 Å². The van der Waals surface area contributed by atoms with Gasteiger partial charge in [0.1, 0.15) is 18.3 Å². The molecule has 0 radical (unpaired) electrons. The average Bonchev–Trinajstić information content (AvgIpc) is 3.40. The van der Waals surface area contributed by atoms with Crippen molar-refractivity contribution >= 4 is 35.1 Å². The lowest BCUT2D eigenvalue weighted by Crippen LogP contribution is -2.50. The summed E-state index contributed by atoms with van der Waals surface area (Å²) in [5.74, 6) is -1.04. The van der Waals surface area contributed by atoms with Gasteiger partial charge in [0.15, 0.2) is 0 Å². The largest absolute Gasteiger partial charge is 0.347 e. The highest BCUT2D eigenvalue weighted by Gasteiger charge is 2.27. The predicted octanol–water partition coefficient (Wildman–Crippen LogP) is 4.02. The molecule has 1 saturated heterocycles. The van der Waals surface area contributed by atoms with Crippen molar-refractivity contribution in [3.05, 3.63) is 87.1 Å². The van der Waals surface area contributed by atoms with Crippen molar-refractivity contribution in [1.29, 1.82) is 0 Å². The van der Waals surface area contributed by atoms with Crippen molar-refractivity contribution < 1.29 is 18.4 Å². The number of carbonyl (C=O) groups excluding carboxylic acids is 2. The first-order chi connectivity index (χ1) is 16.5. The molecule has 0 saturated carbocycles. The molecule has 1 fully saturated rings. The standard InChI is InChI=1S/C25H22F2N4O2S/c26-20-7-6-17(13-18(20)15-31-16-28-14-19-21(27)3-1-4-22(19)31)24(32)29-8-10-30(11-9-29)25(33)23-5-2-12-34-23/h1-7,12-14H,8-11,15-16H2. The number of carbonyl (C=O) groups is 2. The first kappa shape index (κ1) is 22.2. The quantitative estimate of drug-likeness (QED) is 0.567. The second-order valence-electron chi connectivity index (χ2n) is 8.19. The van der Waals surface area contributed by atoms with E-state index in [9.17, 15) is 18.4 Å². The fourth-order valence-electron chi connectivity index (χ4n) is 4.26. The molecule has 2 aliphatic rings. The van der Waals surface area contributed by atoms with Gasteiger partial charge in [-0.2, -0.15) is 0 Å². The zero-order valence-corrected chi connectivity index (χ0v) is 19.1. The normalized spacial score (nSPS) is 15.4. The van der Waals surface area contributed by atoms with Crippen molar-refractivity contribution in [3.8, 4) is 0 Å². The molecule has 2 aromatic carbocycles. The van der Waals surface area contributed by atoms with E-state index in [1.807, 2.05) is 11.4 Å². The van der Waals surface area contributed by atoms with Crippen molar-refractivity contribution in [2.75, 3.05) is 37.7 Å². The number of anilines is 1. The topological polar surface area (TPSA) is 56.2 Å². The summed E-state index contributed by atoms with van der Waals surface area (Å²) >= 11 is 1.40. The Morgan fingerprint density at radius 1 is 0.912 bits per heavy atom. The molecule has 174 valence electrons. The molecule has 2 amide bonds. The van der Waals surface area contributed by atoms with Gasteiger partial charge in [-0.3, -0.25) is 14.6 Å². The van der Waals surface area contributed by atoms with Gasteiger partial charge in [-0.25, -0.2) is 8.78 Å². The van der Waals surface area contributed by atoms with Crippen LogP contribution in [0.4, 0.5) is 14.5 Å². The average molecular weight is 481 g/mol. The molecule has 0 N–H and O–H groups in total. The Morgan fingerprint density at radius 2 is 1.68 bits per heavy atom. The number of nitrogens with zero attached hydrogens (tertiary/aromatic N) is 4. The lowest BCUT2D eigenvalue weighted by Gasteiger charge is -2.34. The van der Waals surface area contributed by atoms with Crippen LogP contribution in [0, 0.1) is 11.6 Å².